The van der Waals surface area contributed by atoms with E-state index in [-0.39, 0.29) is 35.7 Å². The monoisotopic (exact) mass is 483 g/mol. The molecule has 1 N–H and O–H groups in total. The fraction of sp³-hybridized carbons (Fsp3) is 0.364. The van der Waals surface area contributed by atoms with Gasteiger partial charge in [0.25, 0.3) is 5.92 Å². The maximum absolute atomic E-state index is 15.0. The lowest BCUT2D eigenvalue weighted by molar-refractivity contribution is -0.0231. The van der Waals surface area contributed by atoms with Crippen LogP contribution in [0.2, 0.25) is 0 Å². The molecule has 1 heterocycles. The third-order valence-electron chi connectivity index (χ3n) is 5.81. The molecule has 0 saturated carbocycles. The van der Waals surface area contributed by atoms with Crippen molar-refractivity contribution in [3.8, 4) is 11.1 Å². The zero-order chi connectivity index (χ0) is 24.0. The molecule has 4 rings (SSSR count). The first kappa shape index (κ1) is 23.2. The van der Waals surface area contributed by atoms with Crippen LogP contribution in [-0.4, -0.2) is 50.8 Å². The average molecular weight is 483 g/mol. The molecular weight excluding hydrogens is 462 g/mol. The fourth-order valence-electron chi connectivity index (χ4n) is 4.33. The number of hydrogen-bond donors (Lipinski definition) is 1. The quantitative estimate of drug-likeness (QED) is 0.529. The second-order valence-electron chi connectivity index (χ2n) is 8.28. The third kappa shape index (κ3) is 4.73. The number of amides is 2. The highest BCUT2D eigenvalue weighted by atomic mass is 32.2. The number of rotatable bonds is 4. The molecule has 11 heteroatoms. The highest BCUT2D eigenvalue weighted by molar-refractivity contribution is 7.89. The van der Waals surface area contributed by atoms with Gasteiger partial charge in [-0.2, -0.15) is 4.40 Å². The van der Waals surface area contributed by atoms with Gasteiger partial charge in [-0.15, -0.1) is 0 Å². The van der Waals surface area contributed by atoms with Crippen molar-refractivity contribution in [2.75, 3.05) is 19.3 Å². The summed E-state index contributed by atoms with van der Waals surface area (Å²) in [6.45, 7) is 0.334. The minimum Gasteiger partial charge on any atom is -0.325 e. The van der Waals surface area contributed by atoms with Crippen LogP contribution >= 0.6 is 0 Å². The lowest BCUT2D eigenvalue weighted by Gasteiger charge is -2.26. The molecule has 2 atom stereocenters. The number of halogens is 4. The topological polar surface area (TPSA) is 78.8 Å². The zero-order valence-electron chi connectivity index (χ0n) is 17.6. The van der Waals surface area contributed by atoms with E-state index >= 15 is 0 Å². The van der Waals surface area contributed by atoms with Gasteiger partial charge in [-0.25, -0.2) is 30.8 Å². The Morgan fingerprint density at radius 3 is 2.52 bits per heavy atom. The van der Waals surface area contributed by atoms with Crippen molar-refractivity contribution >= 4 is 22.3 Å². The molecule has 6 nitrogen and oxygen atoms in total. The van der Waals surface area contributed by atoms with E-state index in [0.717, 1.165) is 18.4 Å². The van der Waals surface area contributed by atoms with Gasteiger partial charge in [0, 0.05) is 31.6 Å². The molecule has 2 aromatic carbocycles. The maximum atomic E-state index is 15.0. The first-order chi connectivity index (χ1) is 15.5. The van der Waals surface area contributed by atoms with E-state index in [1.165, 1.54) is 35.4 Å². The zero-order valence-corrected chi connectivity index (χ0v) is 18.4. The van der Waals surface area contributed by atoms with E-state index < -0.39 is 51.6 Å². The van der Waals surface area contributed by atoms with Gasteiger partial charge in [-0.05, 0) is 35.2 Å². The molecule has 0 bridgehead atoms. The number of nitrogens with zero attached hydrogens (tertiary/aromatic N) is 2. The van der Waals surface area contributed by atoms with Crippen LogP contribution in [0, 0.1) is 17.6 Å². The van der Waals surface area contributed by atoms with E-state index in [9.17, 15) is 30.8 Å². The summed E-state index contributed by atoms with van der Waals surface area (Å²) in [7, 11) is -3.57. The second-order valence-corrected chi connectivity index (χ2v) is 9.95. The molecule has 2 amide bonds. The van der Waals surface area contributed by atoms with Crippen LogP contribution in [0.3, 0.4) is 0 Å². The van der Waals surface area contributed by atoms with E-state index in [0.29, 0.717) is 6.42 Å². The minimum absolute atomic E-state index is 0.0192. The van der Waals surface area contributed by atoms with Gasteiger partial charge >= 0.3 is 6.03 Å². The molecule has 2 aliphatic rings. The summed E-state index contributed by atoms with van der Waals surface area (Å²) in [4.78, 5) is 14.1. The Hall–Kier alpha value is -2.95. The Balaban J connectivity index is 1.62. The number of carbonyl (C=O) groups is 1. The molecule has 1 aliphatic heterocycles. The fourth-order valence-corrected chi connectivity index (χ4v) is 4.72. The summed E-state index contributed by atoms with van der Waals surface area (Å²) in [5.41, 5.74) is -0.283. The lowest BCUT2D eigenvalue weighted by atomic mass is 9.94. The number of carbonyl (C=O) groups excluding carboxylic acids is 1. The normalized spacial score (nSPS) is 22.0. The van der Waals surface area contributed by atoms with Crippen molar-refractivity contribution in [3.05, 3.63) is 59.2 Å². The third-order valence-corrected chi connectivity index (χ3v) is 6.31. The van der Waals surface area contributed by atoms with Crippen molar-refractivity contribution in [2.24, 2.45) is 10.3 Å². The first-order valence-electron chi connectivity index (χ1n) is 10.2. The summed E-state index contributed by atoms with van der Waals surface area (Å²) in [5.74, 6) is -5.48. The number of hydrogen-bond acceptors (Lipinski definition) is 3. The van der Waals surface area contributed by atoms with Gasteiger partial charge in [0.15, 0.2) is 0 Å². The minimum atomic E-state index is -3.57. The van der Waals surface area contributed by atoms with Gasteiger partial charge < -0.3 is 10.2 Å². The van der Waals surface area contributed by atoms with Crippen molar-refractivity contribution in [3.63, 3.8) is 0 Å². The van der Waals surface area contributed by atoms with Gasteiger partial charge in [0.2, 0.25) is 10.0 Å². The lowest BCUT2D eigenvalue weighted by Crippen LogP contribution is -2.45. The van der Waals surface area contributed by atoms with Crippen LogP contribution < -0.4 is 5.32 Å². The van der Waals surface area contributed by atoms with Crippen molar-refractivity contribution in [1.29, 1.82) is 0 Å². The van der Waals surface area contributed by atoms with Gasteiger partial charge in [0.1, 0.15) is 17.7 Å². The number of urea groups is 1. The summed E-state index contributed by atoms with van der Waals surface area (Å²) in [6.07, 6.45) is 1.93. The molecule has 0 radical (unpaired) electrons. The van der Waals surface area contributed by atoms with E-state index in [2.05, 4.69) is 9.71 Å². The molecule has 176 valence electrons. The van der Waals surface area contributed by atoms with Gasteiger partial charge in [0.05, 0.1) is 11.8 Å². The Labute approximate surface area is 188 Å². The smallest absolute Gasteiger partial charge is 0.318 e. The highest BCUT2D eigenvalue weighted by Gasteiger charge is 2.50. The number of nitrogens with one attached hydrogen (secondary N) is 1. The average Bonchev–Trinajstić information content (AvgIpc) is 3.28. The van der Waals surface area contributed by atoms with Crippen LogP contribution in [0.1, 0.15) is 23.6 Å². The largest absolute Gasteiger partial charge is 0.325 e. The van der Waals surface area contributed by atoms with E-state index in [1.54, 1.807) is 0 Å². The molecule has 1 unspecified atom stereocenters. The van der Waals surface area contributed by atoms with Crippen LogP contribution in [0.25, 0.3) is 11.1 Å². The summed E-state index contributed by atoms with van der Waals surface area (Å²) in [6, 6.07) is 4.97. The van der Waals surface area contributed by atoms with Crippen LogP contribution in [0.4, 0.5) is 22.4 Å². The Kier molecular flexibility index (Phi) is 5.94. The number of alkyl halides is 2. The number of fused-ring (bicyclic) bond motifs is 1. The van der Waals surface area contributed by atoms with Crippen molar-refractivity contribution in [2.45, 2.75) is 24.8 Å². The molecule has 0 aromatic heterocycles. The Morgan fingerprint density at radius 2 is 1.85 bits per heavy atom. The number of sulfonamides is 1. The molecule has 0 spiro atoms. The summed E-state index contributed by atoms with van der Waals surface area (Å²) in [5, 5.41) is 2.34. The van der Waals surface area contributed by atoms with Crippen molar-refractivity contribution in [1.82, 2.24) is 10.2 Å². The van der Waals surface area contributed by atoms with E-state index in [1.807, 2.05) is 0 Å². The van der Waals surface area contributed by atoms with Gasteiger partial charge in [-0.3, -0.25) is 0 Å². The molecule has 2 aromatic rings. The summed E-state index contributed by atoms with van der Waals surface area (Å²) < 4.78 is 84.7. The molecule has 1 aliphatic carbocycles. The summed E-state index contributed by atoms with van der Waals surface area (Å²) >= 11 is 0. The van der Waals surface area contributed by atoms with Crippen molar-refractivity contribution < 1.29 is 30.8 Å². The number of likely N-dealkylation sites (tertiary alicyclic amines) is 1. The predicted octanol–water partition coefficient (Wildman–Crippen LogP) is 3.93. The maximum Gasteiger partial charge on any atom is 0.318 e. The second kappa shape index (κ2) is 8.44. The van der Waals surface area contributed by atoms with Crippen LogP contribution in [-0.2, 0) is 16.4 Å². The first-order valence-corrected chi connectivity index (χ1v) is 12.1. The molecule has 1 fully saturated rings. The standard InChI is InChI=1S/C22H21F4N3O3S/c1-33(31,32)27-11-13-8-9-29(12-13)21(30)28-20-18-14(10-22(20,25)26)4-2-5-15(18)19-16(23)6-3-7-17(19)24/h2-7,11,13,20H,8-10,12H2,1H3,(H,28,30)/b27-11+/t13?,20-/m0/s1. The molecule has 33 heavy (non-hydrogen) atoms. The number of benzene rings is 2. The van der Waals surface area contributed by atoms with E-state index in [4.69, 9.17) is 0 Å². The molecular formula is C22H21F4N3O3S. The van der Waals surface area contributed by atoms with Crippen LogP contribution in [0.15, 0.2) is 40.8 Å². The Morgan fingerprint density at radius 1 is 1.18 bits per heavy atom. The highest BCUT2D eigenvalue weighted by Crippen LogP contribution is 2.48. The Bertz CT molecular complexity index is 1210. The van der Waals surface area contributed by atoms with Crippen LogP contribution in [0.5, 0.6) is 0 Å². The predicted molar refractivity (Wildman–Crippen MR) is 115 cm³/mol. The SMILES string of the molecule is CS(=O)(=O)/N=C/C1CCN(C(=O)N[C@H]2c3c(cccc3-c3c(F)cccc3F)CC2(F)F)C1. The van der Waals surface area contributed by atoms with Gasteiger partial charge in [-0.1, -0.05) is 24.3 Å². The molecule has 1 saturated heterocycles.